The summed E-state index contributed by atoms with van der Waals surface area (Å²) in [5.74, 6) is -2.67. The highest BCUT2D eigenvalue weighted by Gasteiger charge is 2.74. The Hall–Kier alpha value is -4.93. The summed E-state index contributed by atoms with van der Waals surface area (Å²) in [6, 6.07) is 26.1. The first-order chi connectivity index (χ1) is 22.7. The van der Waals surface area contributed by atoms with Crippen molar-refractivity contribution in [1.29, 1.82) is 0 Å². The molecule has 0 aliphatic carbocycles. The number of nitrogens with zero attached hydrogens (tertiary/aromatic N) is 2. The van der Waals surface area contributed by atoms with Crippen molar-refractivity contribution in [3.63, 3.8) is 0 Å². The Bertz CT molecular complexity index is 1800. The minimum Gasteiger partial charge on any atom is -0.497 e. The van der Waals surface area contributed by atoms with Crippen LogP contribution in [-0.2, 0) is 36.1 Å². The number of esters is 2. The number of methoxy groups -OCH3 is 1. The Labute approximate surface area is 276 Å². The molecule has 0 radical (unpaired) electrons. The molecule has 4 aromatic carbocycles. The molecule has 242 valence electrons. The highest BCUT2D eigenvalue weighted by Crippen LogP contribution is 2.56. The summed E-state index contributed by atoms with van der Waals surface area (Å²) in [4.78, 5) is 47.2. The monoisotopic (exact) mass is 657 g/mol. The van der Waals surface area contributed by atoms with Crippen molar-refractivity contribution in [2.45, 2.75) is 37.6 Å². The maximum Gasteiger partial charge on any atom is 0.340 e. The zero-order valence-electron chi connectivity index (χ0n) is 26.0. The fourth-order valence-corrected chi connectivity index (χ4v) is 6.70. The van der Waals surface area contributed by atoms with Crippen LogP contribution >= 0.6 is 11.6 Å². The molecule has 2 aliphatic rings. The van der Waals surface area contributed by atoms with Crippen molar-refractivity contribution < 1.29 is 33.0 Å². The number of amides is 1. The normalized spacial score (nSPS) is 19.5. The number of rotatable bonds is 9. The highest BCUT2D eigenvalue weighted by molar-refractivity contribution is 6.30. The minimum atomic E-state index is -2.35. The molecule has 47 heavy (non-hydrogen) atoms. The molecule has 11 heteroatoms. The Morgan fingerprint density at radius 2 is 1.53 bits per heavy atom. The Morgan fingerprint density at radius 3 is 2.15 bits per heavy atom. The molecular formula is C36H33ClFN3O6. The van der Waals surface area contributed by atoms with Gasteiger partial charge in [-0.3, -0.25) is 10.1 Å². The molecule has 9 nitrogen and oxygen atoms in total. The fourth-order valence-electron chi connectivity index (χ4n) is 6.58. The zero-order valence-corrected chi connectivity index (χ0v) is 26.8. The molecule has 2 aliphatic heterocycles. The van der Waals surface area contributed by atoms with Gasteiger partial charge in [-0.05, 0) is 67.4 Å². The first-order valence-electron chi connectivity index (χ1n) is 15.2. The van der Waals surface area contributed by atoms with E-state index in [0.717, 1.165) is 11.6 Å². The molecule has 0 saturated carbocycles. The van der Waals surface area contributed by atoms with Gasteiger partial charge in [0.1, 0.15) is 11.6 Å². The van der Waals surface area contributed by atoms with E-state index in [1.165, 1.54) is 19.2 Å². The number of para-hydroxylation sites is 1. The molecule has 1 amide bonds. The van der Waals surface area contributed by atoms with E-state index in [1.807, 2.05) is 42.5 Å². The molecule has 1 N–H and O–H groups in total. The van der Waals surface area contributed by atoms with Crippen LogP contribution in [0.5, 0.6) is 5.75 Å². The van der Waals surface area contributed by atoms with Gasteiger partial charge in [0.25, 0.3) is 5.91 Å². The number of nitrogens with one attached hydrogen (secondary N) is 1. The Kier molecular flexibility index (Phi) is 8.65. The van der Waals surface area contributed by atoms with E-state index in [4.69, 9.17) is 25.8 Å². The van der Waals surface area contributed by atoms with Crippen molar-refractivity contribution in [2.75, 3.05) is 30.1 Å². The second-order valence-corrected chi connectivity index (χ2v) is 11.5. The number of carbonyl (C=O) groups is 3. The van der Waals surface area contributed by atoms with Gasteiger partial charge in [-0.2, -0.15) is 0 Å². The van der Waals surface area contributed by atoms with Gasteiger partial charge < -0.3 is 24.0 Å². The quantitative estimate of drug-likeness (QED) is 0.176. The van der Waals surface area contributed by atoms with Gasteiger partial charge in [-0.25, -0.2) is 14.0 Å². The SMILES string of the molecule is CCOC(=O)C1(C(=O)OCC)N[C@]2(C(=O)N(Cc3ccccc3)c3ccccc32)N(c2ccc(OC)cc2)[C@H]1c1ccc(Cl)c(F)c1. The van der Waals surface area contributed by atoms with Crippen molar-refractivity contribution in [3.8, 4) is 5.75 Å². The molecule has 0 bridgehead atoms. The van der Waals surface area contributed by atoms with Gasteiger partial charge in [-0.1, -0.05) is 66.2 Å². The van der Waals surface area contributed by atoms with Gasteiger partial charge in [0.05, 0.1) is 43.6 Å². The van der Waals surface area contributed by atoms with Crippen molar-refractivity contribution in [2.24, 2.45) is 0 Å². The summed E-state index contributed by atoms with van der Waals surface area (Å²) in [7, 11) is 1.53. The van der Waals surface area contributed by atoms with E-state index >= 15 is 9.18 Å². The van der Waals surface area contributed by atoms with Gasteiger partial charge in [0.15, 0.2) is 0 Å². The molecule has 1 fully saturated rings. The lowest BCUT2D eigenvalue weighted by Gasteiger charge is -2.39. The van der Waals surface area contributed by atoms with Crippen LogP contribution in [0, 0.1) is 5.82 Å². The lowest BCUT2D eigenvalue weighted by Crippen LogP contribution is -2.64. The Morgan fingerprint density at radius 1 is 0.894 bits per heavy atom. The third-order valence-corrected chi connectivity index (χ3v) is 8.84. The van der Waals surface area contributed by atoms with E-state index in [0.29, 0.717) is 22.7 Å². The maximum atomic E-state index is 15.3. The van der Waals surface area contributed by atoms with E-state index < -0.39 is 40.9 Å². The smallest absolute Gasteiger partial charge is 0.340 e. The van der Waals surface area contributed by atoms with Gasteiger partial charge >= 0.3 is 11.9 Å². The third kappa shape index (κ3) is 5.08. The van der Waals surface area contributed by atoms with E-state index in [1.54, 1.807) is 60.0 Å². The second kappa shape index (κ2) is 12.7. The van der Waals surface area contributed by atoms with Crippen LogP contribution in [0.15, 0.2) is 97.1 Å². The summed E-state index contributed by atoms with van der Waals surface area (Å²) in [5.41, 5.74) is -1.71. The highest BCUT2D eigenvalue weighted by atomic mass is 35.5. The number of carbonyl (C=O) groups excluding carboxylic acids is 3. The van der Waals surface area contributed by atoms with Crippen LogP contribution in [-0.4, -0.2) is 43.7 Å². The van der Waals surface area contributed by atoms with Crippen LogP contribution in [0.3, 0.4) is 0 Å². The van der Waals surface area contributed by atoms with Crippen LogP contribution in [0.25, 0.3) is 0 Å². The standard InChI is InChI=1S/C36H33ClFN3O6/c1-4-46-33(43)35(34(44)47-5-2)31(24-15-20-28(37)29(38)21-24)41(25-16-18-26(45-3)19-17-25)36(39-35)27-13-9-10-14-30(27)40(32(36)42)22-23-11-7-6-8-12-23/h6-21,31,39H,4-5,22H2,1-3H3/t31-,36-/m0/s1. The summed E-state index contributed by atoms with van der Waals surface area (Å²) in [6.07, 6.45) is 0. The molecule has 1 spiro atoms. The van der Waals surface area contributed by atoms with Crippen LogP contribution in [0.1, 0.15) is 36.6 Å². The van der Waals surface area contributed by atoms with Gasteiger partial charge in [0, 0.05) is 11.3 Å². The van der Waals surface area contributed by atoms with Crippen molar-refractivity contribution in [3.05, 3.63) is 125 Å². The molecule has 2 heterocycles. The van der Waals surface area contributed by atoms with Crippen LogP contribution < -0.4 is 19.9 Å². The first-order valence-corrected chi connectivity index (χ1v) is 15.6. The average Bonchev–Trinajstić information content (AvgIpc) is 3.54. The van der Waals surface area contributed by atoms with Crippen LogP contribution in [0.4, 0.5) is 15.8 Å². The van der Waals surface area contributed by atoms with Crippen molar-refractivity contribution >= 4 is 40.8 Å². The number of halogens is 2. The number of fused-ring (bicyclic) bond motifs is 2. The van der Waals surface area contributed by atoms with Gasteiger partial charge in [0.2, 0.25) is 11.2 Å². The van der Waals surface area contributed by atoms with Crippen LogP contribution in [0.2, 0.25) is 5.02 Å². The molecule has 0 unspecified atom stereocenters. The minimum absolute atomic E-state index is 0.0798. The molecular weight excluding hydrogens is 625 g/mol. The van der Waals surface area contributed by atoms with Crippen molar-refractivity contribution in [1.82, 2.24) is 5.32 Å². The average molecular weight is 658 g/mol. The zero-order chi connectivity index (χ0) is 33.3. The summed E-state index contributed by atoms with van der Waals surface area (Å²) < 4.78 is 31.9. The van der Waals surface area contributed by atoms with E-state index in [-0.39, 0.29) is 30.3 Å². The number of hydrogen-bond donors (Lipinski definition) is 1. The molecule has 1 saturated heterocycles. The number of benzene rings is 4. The van der Waals surface area contributed by atoms with Gasteiger partial charge in [-0.15, -0.1) is 0 Å². The molecule has 6 rings (SSSR count). The number of anilines is 2. The maximum absolute atomic E-state index is 15.3. The number of ether oxygens (including phenoxy) is 3. The lowest BCUT2D eigenvalue weighted by molar-refractivity contribution is -0.166. The summed E-state index contributed by atoms with van der Waals surface area (Å²) in [6.45, 7) is 3.25. The topological polar surface area (TPSA) is 97.4 Å². The largest absolute Gasteiger partial charge is 0.497 e. The number of hydrogen-bond acceptors (Lipinski definition) is 8. The molecule has 4 aromatic rings. The summed E-state index contributed by atoms with van der Waals surface area (Å²) in [5, 5.41) is 3.08. The van der Waals surface area contributed by atoms with E-state index in [9.17, 15) is 9.59 Å². The predicted octanol–water partition coefficient (Wildman–Crippen LogP) is 5.90. The Balaban J connectivity index is 1.70. The lowest BCUT2D eigenvalue weighted by atomic mass is 9.85. The van der Waals surface area contributed by atoms with E-state index in [2.05, 4.69) is 5.32 Å². The first kappa shape index (κ1) is 32.0. The fraction of sp³-hybridized carbons (Fsp3) is 0.250. The third-order valence-electron chi connectivity index (χ3n) is 8.54. The molecule has 0 aromatic heterocycles. The predicted molar refractivity (Wildman–Crippen MR) is 175 cm³/mol. The molecule has 2 atom stereocenters. The summed E-state index contributed by atoms with van der Waals surface area (Å²) >= 11 is 6.11. The second-order valence-electron chi connectivity index (χ2n) is 11.1.